The van der Waals surface area contributed by atoms with Crippen molar-refractivity contribution in [2.75, 3.05) is 37.4 Å². The molecule has 0 saturated carbocycles. The fourth-order valence-electron chi connectivity index (χ4n) is 4.76. The number of aromatic nitrogens is 2. The molecule has 0 aliphatic carbocycles. The minimum absolute atomic E-state index is 0.116. The number of β-amino-alcohol motifs (C(OH)–C–C–N with tert-alkyl or cyclic N) is 1. The Morgan fingerprint density at radius 1 is 1.29 bits per heavy atom. The van der Waals surface area contributed by atoms with Gasteiger partial charge in [-0.25, -0.2) is 9.97 Å². The van der Waals surface area contributed by atoms with E-state index in [4.69, 9.17) is 16.3 Å². The second kappa shape index (κ2) is 10.1. The standard InChI is InChI=1S/C27H28ClN7O3/c1-27(2)13-32-24-15(10-29)6-14(7-17(24)27)19-4-5-31-26(34-19)35-20-9-18(28)16(8-23(20)38-3)25(37)33-21-11-30-12-22(21)36/h4-9,21-22,30,32,36H,11-13H2,1-3H3,(H,33,37)(H,31,34,35). The summed E-state index contributed by atoms with van der Waals surface area (Å²) in [5.74, 6) is 0.259. The number of amides is 1. The molecule has 10 nitrogen and oxygen atoms in total. The topological polar surface area (TPSA) is 144 Å². The highest BCUT2D eigenvalue weighted by atomic mass is 35.5. The summed E-state index contributed by atoms with van der Waals surface area (Å²) in [7, 11) is 1.49. The first-order chi connectivity index (χ1) is 18.2. The molecule has 2 aliphatic heterocycles. The molecule has 0 spiro atoms. The number of carbonyl (C=O) groups is 1. The van der Waals surface area contributed by atoms with Crippen molar-refractivity contribution in [2.45, 2.75) is 31.4 Å². The summed E-state index contributed by atoms with van der Waals surface area (Å²) in [6, 6.07) is 10.7. The average Bonchev–Trinajstić information content (AvgIpc) is 3.45. The number of ether oxygens (including phenoxy) is 1. The lowest BCUT2D eigenvalue weighted by atomic mass is 9.85. The molecule has 3 aromatic rings. The van der Waals surface area contributed by atoms with Crippen LogP contribution in [-0.2, 0) is 5.41 Å². The summed E-state index contributed by atoms with van der Waals surface area (Å²) in [5.41, 5.74) is 4.55. The van der Waals surface area contributed by atoms with E-state index in [0.29, 0.717) is 41.7 Å². The largest absolute Gasteiger partial charge is 0.495 e. The van der Waals surface area contributed by atoms with E-state index in [-0.39, 0.29) is 16.0 Å². The molecule has 2 aliphatic rings. The highest BCUT2D eigenvalue weighted by Gasteiger charge is 2.32. The molecule has 11 heteroatoms. The molecule has 5 N–H and O–H groups in total. The van der Waals surface area contributed by atoms with Gasteiger partial charge in [0, 0.05) is 36.8 Å². The lowest BCUT2D eigenvalue weighted by molar-refractivity contribution is 0.0888. The van der Waals surface area contributed by atoms with Gasteiger partial charge in [0.2, 0.25) is 5.95 Å². The molecule has 38 heavy (non-hydrogen) atoms. The van der Waals surface area contributed by atoms with E-state index in [9.17, 15) is 15.2 Å². The Balaban J connectivity index is 1.42. The first-order valence-corrected chi connectivity index (χ1v) is 12.6. The van der Waals surface area contributed by atoms with Crippen molar-refractivity contribution in [3.63, 3.8) is 0 Å². The number of nitriles is 1. The third-order valence-corrected chi connectivity index (χ3v) is 7.24. The number of rotatable bonds is 6. The fraction of sp³-hybridized carbons (Fsp3) is 0.333. The van der Waals surface area contributed by atoms with E-state index in [2.05, 4.69) is 57.2 Å². The molecule has 1 fully saturated rings. The van der Waals surface area contributed by atoms with Crippen LogP contribution in [0.1, 0.15) is 35.3 Å². The first-order valence-electron chi connectivity index (χ1n) is 12.2. The molecular weight excluding hydrogens is 506 g/mol. The number of halogens is 1. The van der Waals surface area contributed by atoms with Gasteiger partial charge in [-0.1, -0.05) is 25.4 Å². The number of aliphatic hydroxyl groups is 1. The van der Waals surface area contributed by atoms with Gasteiger partial charge in [0.15, 0.2) is 0 Å². The minimum Gasteiger partial charge on any atom is -0.495 e. The number of nitrogens with zero attached hydrogens (tertiary/aromatic N) is 3. The smallest absolute Gasteiger partial charge is 0.253 e. The van der Waals surface area contributed by atoms with Crippen molar-refractivity contribution < 1.29 is 14.6 Å². The van der Waals surface area contributed by atoms with Gasteiger partial charge in [-0.15, -0.1) is 0 Å². The predicted octanol–water partition coefficient (Wildman–Crippen LogP) is 3.19. The van der Waals surface area contributed by atoms with Crippen LogP contribution in [0.15, 0.2) is 36.5 Å². The second-order valence-corrected chi connectivity index (χ2v) is 10.4. The van der Waals surface area contributed by atoms with E-state index in [1.165, 1.54) is 13.2 Å². The highest BCUT2D eigenvalue weighted by molar-refractivity contribution is 6.34. The van der Waals surface area contributed by atoms with Gasteiger partial charge in [-0.3, -0.25) is 4.79 Å². The maximum absolute atomic E-state index is 12.8. The molecule has 196 valence electrons. The zero-order valence-corrected chi connectivity index (χ0v) is 22.0. The number of anilines is 3. The Labute approximate surface area is 225 Å². The minimum atomic E-state index is -0.665. The summed E-state index contributed by atoms with van der Waals surface area (Å²) >= 11 is 6.47. The molecule has 1 amide bonds. The van der Waals surface area contributed by atoms with Crippen LogP contribution in [0.5, 0.6) is 5.75 Å². The normalized spacial score (nSPS) is 19.3. The van der Waals surface area contributed by atoms with E-state index < -0.39 is 18.1 Å². The summed E-state index contributed by atoms with van der Waals surface area (Å²) in [5, 5.41) is 32.2. The number of hydrogen-bond acceptors (Lipinski definition) is 9. The van der Waals surface area contributed by atoms with Crippen molar-refractivity contribution in [3.05, 3.63) is 58.2 Å². The van der Waals surface area contributed by atoms with Gasteiger partial charge in [-0.2, -0.15) is 5.26 Å². The summed E-state index contributed by atoms with van der Waals surface area (Å²) in [6.45, 7) is 5.92. The van der Waals surface area contributed by atoms with Gasteiger partial charge in [0.1, 0.15) is 11.8 Å². The molecule has 0 bridgehead atoms. The van der Waals surface area contributed by atoms with Crippen LogP contribution in [0.4, 0.5) is 17.3 Å². The zero-order chi connectivity index (χ0) is 27.0. The maximum atomic E-state index is 12.8. The lowest BCUT2D eigenvalue weighted by Crippen LogP contribution is -2.42. The van der Waals surface area contributed by atoms with Crippen LogP contribution in [0.3, 0.4) is 0 Å². The predicted molar refractivity (Wildman–Crippen MR) is 145 cm³/mol. The zero-order valence-electron chi connectivity index (χ0n) is 21.2. The number of hydrogen-bond donors (Lipinski definition) is 5. The molecule has 2 aromatic carbocycles. The molecule has 1 aromatic heterocycles. The fourth-order valence-corrected chi connectivity index (χ4v) is 5.01. The molecule has 1 saturated heterocycles. The number of methoxy groups -OCH3 is 1. The summed E-state index contributed by atoms with van der Waals surface area (Å²) < 4.78 is 5.51. The Morgan fingerprint density at radius 2 is 2.11 bits per heavy atom. The van der Waals surface area contributed by atoms with Crippen LogP contribution in [0.25, 0.3) is 11.3 Å². The summed E-state index contributed by atoms with van der Waals surface area (Å²) in [6.07, 6.45) is 0.965. The molecule has 2 unspecified atom stereocenters. The van der Waals surface area contributed by atoms with E-state index >= 15 is 0 Å². The molecular formula is C27H28ClN7O3. The van der Waals surface area contributed by atoms with Crippen LogP contribution in [0, 0.1) is 11.3 Å². The van der Waals surface area contributed by atoms with Crippen LogP contribution in [-0.4, -0.2) is 59.9 Å². The van der Waals surface area contributed by atoms with E-state index in [1.54, 1.807) is 18.3 Å². The highest BCUT2D eigenvalue weighted by Crippen LogP contribution is 2.41. The van der Waals surface area contributed by atoms with Gasteiger partial charge in [0.05, 0.1) is 52.5 Å². The third-order valence-electron chi connectivity index (χ3n) is 6.93. The Hall–Kier alpha value is -3.91. The van der Waals surface area contributed by atoms with E-state index in [1.807, 2.05) is 6.07 Å². The van der Waals surface area contributed by atoms with Crippen molar-refractivity contribution in [1.29, 1.82) is 5.26 Å². The van der Waals surface area contributed by atoms with Crippen molar-refractivity contribution in [1.82, 2.24) is 20.6 Å². The van der Waals surface area contributed by atoms with Crippen LogP contribution >= 0.6 is 11.6 Å². The van der Waals surface area contributed by atoms with Gasteiger partial charge >= 0.3 is 0 Å². The molecule has 2 atom stereocenters. The Morgan fingerprint density at radius 3 is 2.82 bits per heavy atom. The quantitative estimate of drug-likeness (QED) is 0.322. The molecule has 0 radical (unpaired) electrons. The van der Waals surface area contributed by atoms with Gasteiger partial charge < -0.3 is 31.1 Å². The third kappa shape index (κ3) is 4.84. The number of nitrogens with one attached hydrogen (secondary N) is 4. The molecule has 5 rings (SSSR count). The number of fused-ring (bicyclic) bond motifs is 1. The Kier molecular flexibility index (Phi) is 6.84. The monoisotopic (exact) mass is 533 g/mol. The van der Waals surface area contributed by atoms with Crippen molar-refractivity contribution >= 4 is 34.8 Å². The van der Waals surface area contributed by atoms with E-state index in [0.717, 1.165) is 23.4 Å². The van der Waals surface area contributed by atoms with Gasteiger partial charge in [0.25, 0.3) is 5.91 Å². The maximum Gasteiger partial charge on any atom is 0.253 e. The van der Waals surface area contributed by atoms with Crippen molar-refractivity contribution in [3.8, 4) is 23.1 Å². The molecule has 3 heterocycles. The summed E-state index contributed by atoms with van der Waals surface area (Å²) in [4.78, 5) is 21.8. The first kappa shape index (κ1) is 25.7. The number of aliphatic hydroxyl groups excluding tert-OH is 1. The SMILES string of the molecule is COc1cc(C(=O)NC2CNCC2O)c(Cl)cc1Nc1nccc(-c2cc(C#N)c3c(c2)C(C)(C)CN3)n1. The Bertz CT molecular complexity index is 1450. The van der Waals surface area contributed by atoms with Crippen LogP contribution in [0.2, 0.25) is 5.02 Å². The van der Waals surface area contributed by atoms with Gasteiger partial charge in [-0.05, 0) is 35.9 Å². The second-order valence-electron chi connectivity index (χ2n) is 10.0. The van der Waals surface area contributed by atoms with Crippen molar-refractivity contribution in [2.24, 2.45) is 0 Å². The number of benzene rings is 2. The average molecular weight is 534 g/mol. The van der Waals surface area contributed by atoms with Crippen LogP contribution < -0.4 is 26.0 Å². The number of carbonyl (C=O) groups excluding carboxylic acids is 1. The lowest BCUT2D eigenvalue weighted by Gasteiger charge is -2.18.